The summed E-state index contributed by atoms with van der Waals surface area (Å²) in [6.07, 6.45) is 0. The maximum Gasteiger partial charge on any atom is 0.243 e. The molecule has 2 aromatic carbocycles. The van der Waals surface area contributed by atoms with Gasteiger partial charge in [-0.15, -0.1) is 0 Å². The summed E-state index contributed by atoms with van der Waals surface area (Å²) < 4.78 is 57.7. The van der Waals surface area contributed by atoms with Gasteiger partial charge < -0.3 is 15.4 Å². The number of morpholine rings is 1. The molecule has 9 nitrogen and oxygen atoms in total. The predicted molar refractivity (Wildman–Crippen MR) is 119 cm³/mol. The van der Waals surface area contributed by atoms with Crippen LogP contribution < -0.4 is 15.4 Å². The Morgan fingerprint density at radius 3 is 1.80 bits per heavy atom. The Morgan fingerprint density at radius 1 is 0.867 bits per heavy atom. The molecule has 0 aromatic heterocycles. The normalized spacial score (nSPS) is 15.5. The van der Waals surface area contributed by atoms with Crippen molar-refractivity contribution >= 4 is 48.8 Å². The topological polar surface area (TPSA) is 117 Å². The number of nitrogens with one attached hydrogen (secondary N) is 3. The number of sulfonamides is 2. The summed E-state index contributed by atoms with van der Waals surface area (Å²) in [7, 11) is -5.71. The van der Waals surface area contributed by atoms with Gasteiger partial charge in [0.05, 0.1) is 23.0 Å². The van der Waals surface area contributed by atoms with Crippen molar-refractivity contribution in [3.8, 4) is 0 Å². The van der Waals surface area contributed by atoms with Gasteiger partial charge in [-0.3, -0.25) is 0 Å². The quantitative estimate of drug-likeness (QED) is 0.543. The van der Waals surface area contributed by atoms with E-state index in [1.807, 2.05) is 0 Å². The van der Waals surface area contributed by atoms with Crippen LogP contribution in [0.5, 0.6) is 0 Å². The Balaban J connectivity index is 1.62. The molecule has 1 aliphatic rings. The van der Waals surface area contributed by atoms with E-state index in [2.05, 4.69) is 15.4 Å². The van der Waals surface area contributed by atoms with Crippen LogP contribution in [0.25, 0.3) is 0 Å². The molecule has 0 unspecified atom stereocenters. The first kappa shape index (κ1) is 22.6. The molecule has 0 radical (unpaired) electrons. The Labute approximate surface area is 181 Å². The zero-order valence-corrected chi connectivity index (χ0v) is 18.6. The standard InChI is InChI=1S/C18H22N4O5S3/c1-19-29(23,24)16-6-2-14(3-7-16)20-18(28)21-15-4-8-17(9-5-15)30(25,26)22-10-12-27-13-11-22/h2-9,19H,10-13H2,1H3,(H2,20,21,28). The summed E-state index contributed by atoms with van der Waals surface area (Å²) in [5, 5.41) is 6.19. The van der Waals surface area contributed by atoms with Crippen LogP contribution in [0.3, 0.4) is 0 Å². The van der Waals surface area contributed by atoms with Gasteiger partial charge in [0.25, 0.3) is 0 Å². The number of thiocarbonyl (C=S) groups is 1. The largest absolute Gasteiger partial charge is 0.379 e. The second-order valence-corrected chi connectivity index (χ2v) is 10.6. The third-order valence-electron chi connectivity index (χ3n) is 4.41. The molecule has 0 bridgehead atoms. The molecule has 1 heterocycles. The van der Waals surface area contributed by atoms with Crippen molar-refractivity contribution in [2.24, 2.45) is 0 Å². The summed E-state index contributed by atoms with van der Waals surface area (Å²) >= 11 is 5.26. The van der Waals surface area contributed by atoms with Crippen molar-refractivity contribution in [1.29, 1.82) is 0 Å². The van der Waals surface area contributed by atoms with Crippen LogP contribution >= 0.6 is 12.2 Å². The molecular formula is C18H22N4O5S3. The lowest BCUT2D eigenvalue weighted by Crippen LogP contribution is -2.40. The highest BCUT2D eigenvalue weighted by atomic mass is 32.2. The lowest BCUT2D eigenvalue weighted by molar-refractivity contribution is 0.0730. The fourth-order valence-corrected chi connectivity index (χ4v) is 5.15. The number of hydrogen-bond donors (Lipinski definition) is 3. The molecule has 1 aliphatic heterocycles. The maximum atomic E-state index is 12.6. The minimum Gasteiger partial charge on any atom is -0.379 e. The van der Waals surface area contributed by atoms with Gasteiger partial charge in [-0.2, -0.15) is 4.31 Å². The van der Waals surface area contributed by atoms with Gasteiger partial charge >= 0.3 is 0 Å². The molecule has 0 aliphatic carbocycles. The number of anilines is 2. The third kappa shape index (κ3) is 5.33. The first-order valence-corrected chi connectivity index (χ1v) is 12.3. The lowest BCUT2D eigenvalue weighted by Gasteiger charge is -2.26. The molecule has 3 rings (SSSR count). The first-order chi connectivity index (χ1) is 14.2. The SMILES string of the molecule is CNS(=O)(=O)c1ccc(NC(=S)Nc2ccc(S(=O)(=O)N3CCOCC3)cc2)cc1. The average molecular weight is 471 g/mol. The minimum absolute atomic E-state index is 0.145. The van der Waals surface area contributed by atoms with E-state index in [9.17, 15) is 16.8 Å². The van der Waals surface area contributed by atoms with Gasteiger partial charge in [0, 0.05) is 24.5 Å². The van der Waals surface area contributed by atoms with Crippen LogP contribution in [-0.2, 0) is 24.8 Å². The number of nitrogens with zero attached hydrogens (tertiary/aromatic N) is 1. The van der Waals surface area contributed by atoms with Crippen LogP contribution in [0.1, 0.15) is 0 Å². The average Bonchev–Trinajstić information content (AvgIpc) is 2.75. The van der Waals surface area contributed by atoms with Crippen molar-refractivity contribution < 1.29 is 21.6 Å². The van der Waals surface area contributed by atoms with Crippen LogP contribution in [0.2, 0.25) is 0 Å². The molecule has 3 N–H and O–H groups in total. The minimum atomic E-state index is -3.55. The highest BCUT2D eigenvalue weighted by Crippen LogP contribution is 2.20. The monoisotopic (exact) mass is 470 g/mol. The van der Waals surface area contributed by atoms with Crippen molar-refractivity contribution in [3.63, 3.8) is 0 Å². The smallest absolute Gasteiger partial charge is 0.243 e. The molecule has 1 fully saturated rings. The molecule has 0 amide bonds. The summed E-state index contributed by atoms with van der Waals surface area (Å²) in [6.45, 7) is 1.46. The van der Waals surface area contributed by atoms with E-state index < -0.39 is 20.0 Å². The summed E-state index contributed by atoms with van der Waals surface area (Å²) in [4.78, 5) is 0.349. The molecule has 0 saturated carbocycles. The van der Waals surface area contributed by atoms with Crippen molar-refractivity contribution in [1.82, 2.24) is 9.03 Å². The van der Waals surface area contributed by atoms with Gasteiger partial charge in [-0.05, 0) is 67.8 Å². The van der Waals surface area contributed by atoms with Crippen LogP contribution in [0, 0.1) is 0 Å². The van der Waals surface area contributed by atoms with E-state index in [1.54, 1.807) is 24.3 Å². The highest BCUT2D eigenvalue weighted by molar-refractivity contribution is 7.89. The molecule has 30 heavy (non-hydrogen) atoms. The maximum absolute atomic E-state index is 12.6. The van der Waals surface area contributed by atoms with E-state index in [-0.39, 0.29) is 14.9 Å². The molecule has 12 heteroatoms. The first-order valence-electron chi connectivity index (χ1n) is 9.02. The van der Waals surface area contributed by atoms with E-state index in [4.69, 9.17) is 17.0 Å². The van der Waals surface area contributed by atoms with Crippen molar-refractivity contribution in [2.45, 2.75) is 9.79 Å². The molecule has 1 saturated heterocycles. The van der Waals surface area contributed by atoms with Crippen molar-refractivity contribution in [3.05, 3.63) is 48.5 Å². The molecule has 0 spiro atoms. The van der Waals surface area contributed by atoms with Crippen LogP contribution in [-0.4, -0.2) is 59.6 Å². The van der Waals surface area contributed by atoms with Gasteiger partial charge in [0.1, 0.15) is 0 Å². The lowest BCUT2D eigenvalue weighted by atomic mass is 10.3. The highest BCUT2D eigenvalue weighted by Gasteiger charge is 2.26. The molecule has 2 aromatic rings. The number of benzene rings is 2. The second-order valence-electron chi connectivity index (χ2n) is 6.35. The van der Waals surface area contributed by atoms with Crippen LogP contribution in [0.15, 0.2) is 58.3 Å². The zero-order chi connectivity index (χ0) is 21.8. The number of hydrogen-bond acceptors (Lipinski definition) is 6. The Kier molecular flexibility index (Phi) is 7.06. The fourth-order valence-electron chi connectivity index (χ4n) is 2.77. The van der Waals surface area contributed by atoms with E-state index in [1.165, 1.54) is 35.6 Å². The van der Waals surface area contributed by atoms with Crippen molar-refractivity contribution in [2.75, 3.05) is 44.0 Å². The summed E-state index contributed by atoms with van der Waals surface area (Å²) in [5.74, 6) is 0. The molecular weight excluding hydrogens is 448 g/mol. The Morgan fingerprint density at radius 2 is 1.33 bits per heavy atom. The number of ether oxygens (including phenoxy) is 1. The van der Waals surface area contributed by atoms with Crippen LogP contribution in [0.4, 0.5) is 11.4 Å². The second kappa shape index (κ2) is 9.37. The number of rotatable bonds is 6. The molecule has 162 valence electrons. The third-order valence-corrected chi connectivity index (χ3v) is 7.96. The van der Waals surface area contributed by atoms with E-state index >= 15 is 0 Å². The van der Waals surface area contributed by atoms with E-state index in [0.717, 1.165) is 0 Å². The Bertz CT molecular complexity index is 1100. The Hall–Kier alpha value is -2.09. The zero-order valence-electron chi connectivity index (χ0n) is 16.2. The molecule has 0 atom stereocenters. The van der Waals surface area contributed by atoms with Gasteiger partial charge in [0.15, 0.2) is 5.11 Å². The van der Waals surface area contributed by atoms with Gasteiger partial charge in [-0.1, -0.05) is 0 Å². The summed E-state index contributed by atoms with van der Waals surface area (Å²) in [6, 6.07) is 12.4. The predicted octanol–water partition coefficient (Wildman–Crippen LogP) is 1.42. The van der Waals surface area contributed by atoms with E-state index in [0.29, 0.717) is 37.7 Å². The summed E-state index contributed by atoms with van der Waals surface area (Å²) in [5.41, 5.74) is 1.22. The fraction of sp³-hybridized carbons (Fsp3) is 0.278. The van der Waals surface area contributed by atoms with Gasteiger partial charge in [-0.25, -0.2) is 21.6 Å². The van der Waals surface area contributed by atoms with Gasteiger partial charge in [0.2, 0.25) is 20.0 Å².